The summed E-state index contributed by atoms with van der Waals surface area (Å²) < 4.78 is 12.9. The highest BCUT2D eigenvalue weighted by molar-refractivity contribution is 9.10. The lowest BCUT2D eigenvalue weighted by Gasteiger charge is -2.25. The zero-order valence-electron chi connectivity index (χ0n) is 8.49. The Balaban J connectivity index is 2.64. The van der Waals surface area contributed by atoms with Gasteiger partial charge in [0.15, 0.2) is 5.78 Å². The van der Waals surface area contributed by atoms with Gasteiger partial charge in [0.2, 0.25) is 0 Å². The molecule has 0 saturated heterocycles. The van der Waals surface area contributed by atoms with Crippen molar-refractivity contribution in [1.82, 2.24) is 0 Å². The maximum atomic E-state index is 12.0. The van der Waals surface area contributed by atoms with Gasteiger partial charge in [0.1, 0.15) is 0 Å². The van der Waals surface area contributed by atoms with E-state index in [1.807, 2.05) is 19.9 Å². The molecule has 0 spiro atoms. The topological polar surface area (TPSA) is 34.1 Å². The predicted octanol–water partition coefficient (Wildman–Crippen LogP) is 2.78. The molecule has 3 unspecified atom stereocenters. The molecule has 0 aromatic heterocycles. The molecular weight excluding hydrogens is 276 g/mol. The lowest BCUT2D eigenvalue weighted by Crippen LogP contribution is -2.33. The Morgan fingerprint density at radius 2 is 2.00 bits per heavy atom. The number of hydrogen-bond acceptors (Lipinski definition) is 2. The van der Waals surface area contributed by atoms with Gasteiger partial charge in [0.05, 0.1) is 10.8 Å². The average Bonchev–Trinajstić information content (AvgIpc) is 2.23. The van der Waals surface area contributed by atoms with Crippen LogP contribution in [0.3, 0.4) is 0 Å². The molecule has 15 heavy (non-hydrogen) atoms. The summed E-state index contributed by atoms with van der Waals surface area (Å²) in [6.45, 7) is 3.71. The molecule has 4 heteroatoms. The largest absolute Gasteiger partial charge is 0.294 e. The maximum Gasteiger partial charge on any atom is 0.168 e. The van der Waals surface area contributed by atoms with Crippen molar-refractivity contribution in [2.45, 2.75) is 24.0 Å². The fraction of sp³-hybridized carbons (Fsp3) is 0.364. The van der Waals surface area contributed by atoms with E-state index in [9.17, 15) is 9.00 Å². The molecule has 80 valence electrons. The van der Waals surface area contributed by atoms with Gasteiger partial charge in [0, 0.05) is 26.1 Å². The lowest BCUT2D eigenvalue weighted by molar-refractivity contribution is 0.0922. The highest BCUT2D eigenvalue weighted by atomic mass is 79.9. The third kappa shape index (κ3) is 1.70. The Morgan fingerprint density at radius 3 is 2.67 bits per heavy atom. The van der Waals surface area contributed by atoms with E-state index in [0.717, 1.165) is 4.47 Å². The van der Waals surface area contributed by atoms with E-state index < -0.39 is 10.8 Å². The molecule has 0 amide bonds. The first-order chi connectivity index (χ1) is 7.02. The van der Waals surface area contributed by atoms with Crippen LogP contribution in [0.5, 0.6) is 0 Å². The number of fused-ring (bicyclic) bond motifs is 1. The van der Waals surface area contributed by atoms with Crippen molar-refractivity contribution >= 4 is 32.5 Å². The van der Waals surface area contributed by atoms with Crippen LogP contribution in [0.25, 0.3) is 0 Å². The quantitative estimate of drug-likeness (QED) is 0.735. The fourth-order valence-corrected chi connectivity index (χ4v) is 3.55. The van der Waals surface area contributed by atoms with Crippen LogP contribution < -0.4 is 0 Å². The second-order valence-electron chi connectivity index (χ2n) is 3.80. The summed E-state index contributed by atoms with van der Waals surface area (Å²) >= 11 is 3.32. The van der Waals surface area contributed by atoms with Crippen molar-refractivity contribution in [1.29, 1.82) is 0 Å². The first kappa shape index (κ1) is 11.0. The second kappa shape index (κ2) is 3.83. The summed E-state index contributed by atoms with van der Waals surface area (Å²) in [6.07, 6.45) is 0. The molecule has 1 heterocycles. The number of hydrogen-bond donors (Lipinski definition) is 0. The van der Waals surface area contributed by atoms with E-state index in [4.69, 9.17) is 0 Å². The number of carbonyl (C=O) groups is 1. The predicted molar refractivity (Wildman–Crippen MR) is 63.5 cm³/mol. The fourth-order valence-electron chi connectivity index (χ4n) is 1.71. The number of carbonyl (C=O) groups excluding carboxylic acids is 1. The zero-order chi connectivity index (χ0) is 11.2. The van der Waals surface area contributed by atoms with E-state index in [1.165, 1.54) is 0 Å². The molecule has 0 saturated carbocycles. The summed E-state index contributed by atoms with van der Waals surface area (Å²) in [5.74, 6) is -0.0639. The molecule has 0 radical (unpaired) electrons. The van der Waals surface area contributed by atoms with Crippen LogP contribution in [0.1, 0.15) is 24.2 Å². The van der Waals surface area contributed by atoms with Gasteiger partial charge in [-0.05, 0) is 25.1 Å². The standard InChI is InChI=1S/C11H11BrO2S/c1-6-7(2)15(14)10-4-3-8(12)5-9(10)11(6)13/h3-7H,1-2H3. The number of benzene rings is 1. The summed E-state index contributed by atoms with van der Waals surface area (Å²) in [4.78, 5) is 12.6. The van der Waals surface area contributed by atoms with Crippen LogP contribution in [0.15, 0.2) is 27.6 Å². The number of Topliss-reactive ketones (excluding diaryl/α,β-unsaturated/α-hetero) is 1. The van der Waals surface area contributed by atoms with Gasteiger partial charge in [-0.25, -0.2) is 0 Å². The third-order valence-corrected chi connectivity index (χ3v) is 5.25. The van der Waals surface area contributed by atoms with E-state index in [0.29, 0.717) is 10.5 Å². The molecule has 1 aromatic carbocycles. The Morgan fingerprint density at radius 1 is 1.33 bits per heavy atom. The summed E-state index contributed by atoms with van der Waals surface area (Å²) in [5, 5.41) is -0.0915. The number of halogens is 1. The molecular formula is C11H11BrO2S. The van der Waals surface area contributed by atoms with Gasteiger partial charge >= 0.3 is 0 Å². The van der Waals surface area contributed by atoms with Gasteiger partial charge in [-0.3, -0.25) is 9.00 Å². The van der Waals surface area contributed by atoms with Crippen molar-refractivity contribution in [2.75, 3.05) is 0 Å². The smallest absolute Gasteiger partial charge is 0.168 e. The zero-order valence-corrected chi connectivity index (χ0v) is 10.9. The van der Waals surface area contributed by atoms with E-state index >= 15 is 0 Å². The van der Waals surface area contributed by atoms with Crippen LogP contribution in [-0.4, -0.2) is 15.2 Å². The first-order valence-electron chi connectivity index (χ1n) is 4.76. The minimum Gasteiger partial charge on any atom is -0.294 e. The molecule has 1 aromatic rings. The second-order valence-corrected chi connectivity index (χ2v) is 6.49. The third-order valence-electron chi connectivity index (χ3n) is 2.88. The van der Waals surface area contributed by atoms with Crippen molar-refractivity contribution in [3.8, 4) is 0 Å². The molecule has 0 aliphatic carbocycles. The van der Waals surface area contributed by atoms with Gasteiger partial charge in [0.25, 0.3) is 0 Å². The Kier molecular flexibility index (Phi) is 2.81. The Hall–Kier alpha value is -0.480. The number of rotatable bonds is 0. The van der Waals surface area contributed by atoms with Gasteiger partial charge < -0.3 is 0 Å². The molecule has 1 aliphatic rings. The van der Waals surface area contributed by atoms with E-state index in [2.05, 4.69) is 15.9 Å². The Bertz CT molecular complexity index is 456. The number of ketones is 1. The molecule has 0 N–H and O–H groups in total. The SMILES string of the molecule is CC1C(=O)c2cc(Br)ccc2S(=O)C1C. The average molecular weight is 287 g/mol. The molecule has 3 atom stereocenters. The summed E-state index contributed by atoms with van der Waals surface area (Å²) in [7, 11) is -1.06. The van der Waals surface area contributed by atoms with Crippen molar-refractivity contribution < 1.29 is 9.00 Å². The highest BCUT2D eigenvalue weighted by Gasteiger charge is 2.34. The van der Waals surface area contributed by atoms with Crippen LogP contribution in [-0.2, 0) is 10.8 Å². The van der Waals surface area contributed by atoms with Crippen molar-refractivity contribution in [3.05, 3.63) is 28.2 Å². The van der Waals surface area contributed by atoms with Crippen LogP contribution in [0.4, 0.5) is 0 Å². The van der Waals surface area contributed by atoms with Crippen molar-refractivity contribution in [2.24, 2.45) is 5.92 Å². The van der Waals surface area contributed by atoms with Gasteiger partial charge in [-0.15, -0.1) is 0 Å². The minimum absolute atomic E-state index is 0.0915. The molecule has 1 aliphatic heterocycles. The highest BCUT2D eigenvalue weighted by Crippen LogP contribution is 2.31. The van der Waals surface area contributed by atoms with E-state index in [1.54, 1.807) is 12.1 Å². The van der Waals surface area contributed by atoms with Crippen molar-refractivity contribution in [3.63, 3.8) is 0 Å². The molecule has 2 rings (SSSR count). The van der Waals surface area contributed by atoms with Gasteiger partial charge in [-0.2, -0.15) is 0 Å². The molecule has 2 nitrogen and oxygen atoms in total. The van der Waals surface area contributed by atoms with Crippen LogP contribution in [0, 0.1) is 5.92 Å². The normalized spacial score (nSPS) is 30.1. The molecule has 0 bridgehead atoms. The van der Waals surface area contributed by atoms with Crippen LogP contribution >= 0.6 is 15.9 Å². The first-order valence-corrected chi connectivity index (χ1v) is 6.77. The van der Waals surface area contributed by atoms with Gasteiger partial charge in [-0.1, -0.05) is 22.9 Å². The molecule has 0 fully saturated rings. The van der Waals surface area contributed by atoms with E-state index in [-0.39, 0.29) is 17.0 Å². The summed E-state index contributed by atoms with van der Waals surface area (Å²) in [6, 6.07) is 5.36. The maximum absolute atomic E-state index is 12.0. The lowest BCUT2D eigenvalue weighted by atomic mass is 9.96. The monoisotopic (exact) mass is 286 g/mol. The summed E-state index contributed by atoms with van der Waals surface area (Å²) in [5.41, 5.74) is 0.605. The minimum atomic E-state index is -1.06. The van der Waals surface area contributed by atoms with Crippen LogP contribution in [0.2, 0.25) is 0 Å². The Labute approximate surface area is 99.7 Å².